The maximum Gasteiger partial charge on any atom is 0.306 e. The quantitative estimate of drug-likeness (QED) is 0.370. The lowest BCUT2D eigenvalue weighted by Gasteiger charge is -2.11. The standard InChI is InChI=1S/C15H25ClO2/c1-5-18-15(17)11-14(4)13(3)8-6-7-12(2)9-10-16/h7-8,14H,5-6,9-11H2,1-4H3/b12-7+,13-8+. The number of esters is 1. The number of hydrogen-bond acceptors (Lipinski definition) is 2. The Kier molecular flexibility index (Phi) is 9.76. The van der Waals surface area contributed by atoms with Crippen molar-refractivity contribution in [3.05, 3.63) is 23.3 Å². The number of halogens is 1. The van der Waals surface area contributed by atoms with Gasteiger partial charge in [0.2, 0.25) is 0 Å². The van der Waals surface area contributed by atoms with Gasteiger partial charge in [-0.05, 0) is 39.5 Å². The normalized spacial score (nSPS) is 14.5. The van der Waals surface area contributed by atoms with Gasteiger partial charge in [-0.1, -0.05) is 30.2 Å². The van der Waals surface area contributed by atoms with Crippen LogP contribution in [0.5, 0.6) is 0 Å². The van der Waals surface area contributed by atoms with E-state index in [2.05, 4.69) is 32.9 Å². The van der Waals surface area contributed by atoms with Crippen molar-refractivity contribution in [3.63, 3.8) is 0 Å². The van der Waals surface area contributed by atoms with Crippen LogP contribution in [0.25, 0.3) is 0 Å². The Morgan fingerprint density at radius 2 is 2.00 bits per heavy atom. The summed E-state index contributed by atoms with van der Waals surface area (Å²) in [5, 5.41) is 0. The summed E-state index contributed by atoms with van der Waals surface area (Å²) in [6.07, 6.45) is 6.65. The Morgan fingerprint density at radius 3 is 2.56 bits per heavy atom. The van der Waals surface area contributed by atoms with Crippen molar-refractivity contribution in [2.24, 2.45) is 5.92 Å². The SMILES string of the molecule is CCOC(=O)CC(C)/C(C)=C/C/C=C(\C)CCCl. The minimum Gasteiger partial charge on any atom is -0.466 e. The van der Waals surface area contributed by atoms with Gasteiger partial charge in [-0.3, -0.25) is 4.79 Å². The van der Waals surface area contributed by atoms with Gasteiger partial charge in [0.15, 0.2) is 0 Å². The number of carbonyl (C=O) groups is 1. The van der Waals surface area contributed by atoms with Gasteiger partial charge in [0.25, 0.3) is 0 Å². The molecule has 0 radical (unpaired) electrons. The summed E-state index contributed by atoms with van der Waals surface area (Å²) in [6, 6.07) is 0. The van der Waals surface area contributed by atoms with Crippen LogP contribution in [-0.2, 0) is 9.53 Å². The number of rotatable bonds is 8. The van der Waals surface area contributed by atoms with Crippen LogP contribution in [0.2, 0.25) is 0 Å². The zero-order valence-electron chi connectivity index (χ0n) is 12.0. The summed E-state index contributed by atoms with van der Waals surface area (Å²) in [5.74, 6) is 0.794. The number of carbonyl (C=O) groups excluding carboxylic acids is 1. The van der Waals surface area contributed by atoms with Gasteiger partial charge in [0.05, 0.1) is 13.0 Å². The zero-order chi connectivity index (χ0) is 14.0. The maximum absolute atomic E-state index is 11.3. The molecule has 1 atom stereocenters. The molecule has 0 rings (SSSR count). The van der Waals surface area contributed by atoms with E-state index in [1.165, 1.54) is 11.1 Å². The predicted molar refractivity (Wildman–Crippen MR) is 77.9 cm³/mol. The summed E-state index contributed by atoms with van der Waals surface area (Å²) >= 11 is 5.67. The Bertz CT molecular complexity index is 306. The van der Waals surface area contributed by atoms with Crippen molar-refractivity contribution in [1.82, 2.24) is 0 Å². The topological polar surface area (TPSA) is 26.3 Å². The van der Waals surface area contributed by atoms with Crippen LogP contribution in [0.15, 0.2) is 23.3 Å². The van der Waals surface area contributed by atoms with Gasteiger partial charge >= 0.3 is 5.97 Å². The van der Waals surface area contributed by atoms with Gasteiger partial charge in [-0.15, -0.1) is 11.6 Å². The second-order valence-corrected chi connectivity index (χ2v) is 4.96. The number of ether oxygens (including phenoxy) is 1. The zero-order valence-corrected chi connectivity index (χ0v) is 12.7. The molecule has 1 unspecified atom stereocenters. The molecule has 0 aliphatic carbocycles. The van der Waals surface area contributed by atoms with Gasteiger partial charge < -0.3 is 4.74 Å². The van der Waals surface area contributed by atoms with Gasteiger partial charge in [0.1, 0.15) is 0 Å². The molecule has 2 nitrogen and oxygen atoms in total. The summed E-state index contributed by atoms with van der Waals surface area (Å²) in [6.45, 7) is 8.49. The molecule has 0 spiro atoms. The minimum absolute atomic E-state index is 0.119. The number of alkyl halides is 1. The average molecular weight is 273 g/mol. The van der Waals surface area contributed by atoms with E-state index in [4.69, 9.17) is 16.3 Å². The summed E-state index contributed by atoms with van der Waals surface area (Å²) in [5.41, 5.74) is 2.55. The first-order chi connectivity index (χ1) is 8.51. The number of hydrogen-bond donors (Lipinski definition) is 0. The molecule has 0 aromatic heterocycles. The molecule has 0 saturated carbocycles. The van der Waals surface area contributed by atoms with Crippen LogP contribution in [0, 0.1) is 5.92 Å². The van der Waals surface area contributed by atoms with E-state index >= 15 is 0 Å². The number of allylic oxidation sites excluding steroid dienone is 4. The lowest BCUT2D eigenvalue weighted by molar-refractivity contribution is -0.143. The third-order valence-corrected chi connectivity index (χ3v) is 3.14. The van der Waals surface area contributed by atoms with Crippen LogP contribution in [0.4, 0.5) is 0 Å². The predicted octanol–water partition coefficient (Wildman–Crippen LogP) is 4.49. The van der Waals surface area contributed by atoms with E-state index < -0.39 is 0 Å². The summed E-state index contributed by atoms with van der Waals surface area (Å²) in [4.78, 5) is 11.3. The molecule has 0 aliphatic rings. The lowest BCUT2D eigenvalue weighted by Crippen LogP contribution is -2.10. The molecule has 0 bridgehead atoms. The van der Waals surface area contributed by atoms with E-state index in [9.17, 15) is 4.79 Å². The van der Waals surface area contributed by atoms with Crippen molar-refractivity contribution in [2.75, 3.05) is 12.5 Å². The monoisotopic (exact) mass is 272 g/mol. The van der Waals surface area contributed by atoms with Gasteiger partial charge in [-0.2, -0.15) is 0 Å². The molecule has 104 valence electrons. The molecule has 0 N–H and O–H groups in total. The Balaban J connectivity index is 4.16. The van der Waals surface area contributed by atoms with E-state index in [0.717, 1.165) is 12.8 Å². The fourth-order valence-corrected chi connectivity index (χ4v) is 1.83. The van der Waals surface area contributed by atoms with Crippen molar-refractivity contribution in [1.29, 1.82) is 0 Å². The third-order valence-electron chi connectivity index (χ3n) is 2.95. The minimum atomic E-state index is -0.119. The van der Waals surface area contributed by atoms with Gasteiger partial charge in [0, 0.05) is 5.88 Å². The maximum atomic E-state index is 11.3. The molecule has 0 aliphatic heterocycles. The largest absolute Gasteiger partial charge is 0.466 e. The molecule has 0 heterocycles. The van der Waals surface area contributed by atoms with Crippen molar-refractivity contribution in [2.45, 2.75) is 47.0 Å². The Labute approximate surface area is 116 Å². The van der Waals surface area contributed by atoms with Crippen LogP contribution >= 0.6 is 11.6 Å². The molecule has 0 fully saturated rings. The van der Waals surface area contributed by atoms with Crippen molar-refractivity contribution < 1.29 is 9.53 Å². The highest BCUT2D eigenvalue weighted by atomic mass is 35.5. The summed E-state index contributed by atoms with van der Waals surface area (Å²) < 4.78 is 4.94. The molecular weight excluding hydrogens is 248 g/mol. The molecule has 0 amide bonds. The first-order valence-electron chi connectivity index (χ1n) is 6.55. The average Bonchev–Trinajstić information content (AvgIpc) is 2.29. The highest BCUT2D eigenvalue weighted by molar-refractivity contribution is 6.17. The second-order valence-electron chi connectivity index (χ2n) is 4.58. The first kappa shape index (κ1) is 17.2. The van der Waals surface area contributed by atoms with Crippen molar-refractivity contribution >= 4 is 17.6 Å². The molecular formula is C15H25ClO2. The molecule has 3 heteroatoms. The third kappa shape index (κ3) is 8.35. The Morgan fingerprint density at radius 1 is 1.33 bits per heavy atom. The van der Waals surface area contributed by atoms with Crippen LogP contribution in [-0.4, -0.2) is 18.5 Å². The van der Waals surface area contributed by atoms with Crippen molar-refractivity contribution in [3.8, 4) is 0 Å². The summed E-state index contributed by atoms with van der Waals surface area (Å²) in [7, 11) is 0. The molecule has 0 saturated heterocycles. The fraction of sp³-hybridized carbons (Fsp3) is 0.667. The molecule has 0 aromatic rings. The highest BCUT2D eigenvalue weighted by Gasteiger charge is 2.10. The second kappa shape index (κ2) is 10.2. The van der Waals surface area contributed by atoms with Gasteiger partial charge in [-0.25, -0.2) is 0 Å². The first-order valence-corrected chi connectivity index (χ1v) is 7.08. The van der Waals surface area contributed by atoms with E-state index in [-0.39, 0.29) is 11.9 Å². The fourth-order valence-electron chi connectivity index (χ4n) is 1.53. The van der Waals surface area contributed by atoms with Crippen LogP contribution in [0.3, 0.4) is 0 Å². The lowest BCUT2D eigenvalue weighted by atomic mass is 9.98. The smallest absolute Gasteiger partial charge is 0.306 e. The molecule has 0 aromatic carbocycles. The highest BCUT2D eigenvalue weighted by Crippen LogP contribution is 2.16. The van der Waals surface area contributed by atoms with E-state index in [0.29, 0.717) is 18.9 Å². The molecule has 18 heavy (non-hydrogen) atoms. The van der Waals surface area contributed by atoms with E-state index in [1.807, 2.05) is 6.92 Å². The Hall–Kier alpha value is -0.760. The van der Waals surface area contributed by atoms with E-state index in [1.54, 1.807) is 0 Å². The van der Waals surface area contributed by atoms with Crippen LogP contribution < -0.4 is 0 Å². The van der Waals surface area contributed by atoms with Crippen LogP contribution in [0.1, 0.15) is 47.0 Å².